The van der Waals surface area contributed by atoms with Gasteiger partial charge >= 0.3 is 0 Å². The predicted octanol–water partition coefficient (Wildman–Crippen LogP) is 0.637. The van der Waals surface area contributed by atoms with Gasteiger partial charge in [-0.15, -0.1) is 0 Å². The topological polar surface area (TPSA) is 61.4 Å². The maximum Gasteiger partial charge on any atom is 0.211 e. The molecule has 2 atom stereocenters. The minimum absolute atomic E-state index is 0.273. The van der Waals surface area contributed by atoms with Crippen LogP contribution in [0.25, 0.3) is 0 Å². The van der Waals surface area contributed by atoms with Crippen molar-refractivity contribution in [3.05, 3.63) is 0 Å². The second kappa shape index (κ2) is 7.73. The lowest BCUT2D eigenvalue weighted by Gasteiger charge is -2.24. The molecule has 2 fully saturated rings. The van der Waals surface area contributed by atoms with E-state index < -0.39 is 10.0 Å². The SMILES string of the molecule is CC(CNS(=O)(=O)CC1CCCNC1)CN1CCCC1. The maximum atomic E-state index is 12.1. The van der Waals surface area contributed by atoms with E-state index >= 15 is 0 Å². The fourth-order valence-electron chi connectivity index (χ4n) is 3.18. The highest BCUT2D eigenvalue weighted by molar-refractivity contribution is 7.89. The van der Waals surface area contributed by atoms with Gasteiger partial charge in [0, 0.05) is 13.1 Å². The molecule has 2 aliphatic rings. The van der Waals surface area contributed by atoms with Gasteiger partial charge in [0.2, 0.25) is 10.0 Å². The number of piperidine rings is 1. The molecule has 0 amide bonds. The zero-order chi connectivity index (χ0) is 14.4. The third-order valence-electron chi connectivity index (χ3n) is 4.27. The van der Waals surface area contributed by atoms with E-state index in [0.717, 1.165) is 32.5 Å². The molecule has 20 heavy (non-hydrogen) atoms. The van der Waals surface area contributed by atoms with E-state index in [9.17, 15) is 8.42 Å². The van der Waals surface area contributed by atoms with Crippen molar-refractivity contribution in [2.45, 2.75) is 32.6 Å². The molecule has 2 aliphatic heterocycles. The quantitative estimate of drug-likeness (QED) is 0.724. The first-order valence-corrected chi connectivity index (χ1v) is 9.61. The lowest BCUT2D eigenvalue weighted by atomic mass is 10.0. The number of nitrogens with zero attached hydrogens (tertiary/aromatic N) is 1. The second-order valence-electron chi connectivity index (χ2n) is 6.46. The molecule has 0 aromatic heterocycles. The Labute approximate surface area is 123 Å². The van der Waals surface area contributed by atoms with E-state index in [4.69, 9.17) is 0 Å². The van der Waals surface area contributed by atoms with Gasteiger partial charge in [-0.25, -0.2) is 13.1 Å². The van der Waals surface area contributed by atoms with Crippen LogP contribution in [0.2, 0.25) is 0 Å². The first-order valence-electron chi connectivity index (χ1n) is 7.95. The summed E-state index contributed by atoms with van der Waals surface area (Å²) in [5.74, 6) is 0.929. The number of sulfonamides is 1. The smallest absolute Gasteiger partial charge is 0.211 e. The zero-order valence-corrected chi connectivity index (χ0v) is 13.4. The van der Waals surface area contributed by atoms with Crippen LogP contribution >= 0.6 is 0 Å². The Bertz CT molecular complexity index is 374. The summed E-state index contributed by atoms with van der Waals surface area (Å²) < 4.78 is 27.0. The number of nitrogens with one attached hydrogen (secondary N) is 2. The molecule has 0 radical (unpaired) electrons. The molecule has 2 heterocycles. The monoisotopic (exact) mass is 303 g/mol. The molecule has 2 rings (SSSR count). The van der Waals surface area contributed by atoms with Crippen LogP contribution in [-0.4, -0.2) is 58.3 Å². The predicted molar refractivity (Wildman–Crippen MR) is 82.2 cm³/mol. The minimum atomic E-state index is -3.12. The number of likely N-dealkylation sites (tertiary alicyclic amines) is 1. The Kier molecular flexibility index (Phi) is 6.26. The maximum absolute atomic E-state index is 12.1. The Morgan fingerprint density at radius 3 is 2.70 bits per heavy atom. The van der Waals surface area contributed by atoms with E-state index in [-0.39, 0.29) is 11.7 Å². The Morgan fingerprint density at radius 2 is 2.05 bits per heavy atom. The molecule has 0 bridgehead atoms. The fraction of sp³-hybridized carbons (Fsp3) is 1.00. The van der Waals surface area contributed by atoms with Gasteiger partial charge in [-0.05, 0) is 63.7 Å². The average Bonchev–Trinajstić information content (AvgIpc) is 2.90. The molecule has 5 nitrogen and oxygen atoms in total. The summed E-state index contributed by atoms with van der Waals surface area (Å²) in [5.41, 5.74) is 0. The Hall–Kier alpha value is -0.170. The third-order valence-corrected chi connectivity index (χ3v) is 5.79. The highest BCUT2D eigenvalue weighted by Gasteiger charge is 2.22. The van der Waals surface area contributed by atoms with Crippen LogP contribution in [0.15, 0.2) is 0 Å². The van der Waals surface area contributed by atoms with Gasteiger partial charge in [0.1, 0.15) is 0 Å². The molecule has 2 saturated heterocycles. The van der Waals surface area contributed by atoms with Crippen LogP contribution in [0.5, 0.6) is 0 Å². The molecule has 0 aliphatic carbocycles. The lowest BCUT2D eigenvalue weighted by Crippen LogP contribution is -2.40. The van der Waals surface area contributed by atoms with Crippen molar-refractivity contribution in [2.75, 3.05) is 45.0 Å². The van der Waals surface area contributed by atoms with Crippen molar-refractivity contribution >= 4 is 10.0 Å². The van der Waals surface area contributed by atoms with E-state index in [1.807, 2.05) is 0 Å². The summed E-state index contributed by atoms with van der Waals surface area (Å²) >= 11 is 0. The van der Waals surface area contributed by atoms with E-state index in [0.29, 0.717) is 12.5 Å². The standard InChI is InChI=1S/C14H29N3O2S/c1-13(11-17-7-2-3-8-17)9-16-20(18,19)12-14-5-4-6-15-10-14/h13-16H,2-12H2,1H3. The summed E-state index contributed by atoms with van der Waals surface area (Å²) in [4.78, 5) is 2.43. The second-order valence-corrected chi connectivity index (χ2v) is 8.31. The molecular formula is C14H29N3O2S. The van der Waals surface area contributed by atoms with Crippen molar-refractivity contribution in [3.63, 3.8) is 0 Å². The molecule has 0 saturated carbocycles. The molecule has 118 valence electrons. The summed E-state index contributed by atoms with van der Waals surface area (Å²) in [5, 5.41) is 3.27. The van der Waals surface area contributed by atoms with Gasteiger partial charge in [-0.1, -0.05) is 6.92 Å². The highest BCUT2D eigenvalue weighted by atomic mass is 32.2. The van der Waals surface area contributed by atoms with E-state index in [2.05, 4.69) is 21.9 Å². The van der Waals surface area contributed by atoms with Crippen molar-refractivity contribution < 1.29 is 8.42 Å². The number of rotatable bonds is 7. The van der Waals surface area contributed by atoms with Crippen LogP contribution in [0.3, 0.4) is 0 Å². The van der Waals surface area contributed by atoms with Crippen molar-refractivity contribution in [1.29, 1.82) is 0 Å². The molecule has 2 unspecified atom stereocenters. The molecule has 0 spiro atoms. The average molecular weight is 303 g/mol. The molecule has 2 N–H and O–H groups in total. The molecule has 6 heteroatoms. The van der Waals surface area contributed by atoms with Gasteiger partial charge in [-0.3, -0.25) is 0 Å². The number of hydrogen-bond acceptors (Lipinski definition) is 4. The molecule has 0 aromatic rings. The van der Waals surface area contributed by atoms with Gasteiger partial charge in [0.25, 0.3) is 0 Å². The Morgan fingerprint density at radius 1 is 1.30 bits per heavy atom. The lowest BCUT2D eigenvalue weighted by molar-refractivity contribution is 0.288. The number of hydrogen-bond donors (Lipinski definition) is 2. The van der Waals surface area contributed by atoms with Crippen molar-refractivity contribution in [3.8, 4) is 0 Å². The summed E-state index contributed by atoms with van der Waals surface area (Å²) in [6.45, 7) is 7.91. The fourth-order valence-corrected chi connectivity index (χ4v) is 4.74. The van der Waals surface area contributed by atoms with Crippen LogP contribution in [-0.2, 0) is 10.0 Å². The van der Waals surface area contributed by atoms with Gasteiger partial charge < -0.3 is 10.2 Å². The van der Waals surface area contributed by atoms with Crippen molar-refractivity contribution in [1.82, 2.24) is 14.9 Å². The van der Waals surface area contributed by atoms with E-state index in [1.165, 1.54) is 25.9 Å². The van der Waals surface area contributed by atoms with Crippen LogP contribution in [0, 0.1) is 11.8 Å². The first kappa shape index (κ1) is 16.2. The van der Waals surface area contributed by atoms with Gasteiger partial charge in [-0.2, -0.15) is 0 Å². The van der Waals surface area contributed by atoms with Crippen LogP contribution < -0.4 is 10.0 Å². The first-order chi connectivity index (χ1) is 9.55. The van der Waals surface area contributed by atoms with E-state index in [1.54, 1.807) is 0 Å². The minimum Gasteiger partial charge on any atom is -0.316 e. The third kappa shape index (κ3) is 5.68. The summed E-state index contributed by atoms with van der Waals surface area (Å²) in [6.07, 6.45) is 4.68. The molecular weight excluding hydrogens is 274 g/mol. The van der Waals surface area contributed by atoms with Crippen LogP contribution in [0.1, 0.15) is 32.6 Å². The highest BCUT2D eigenvalue weighted by Crippen LogP contribution is 2.13. The summed E-state index contributed by atoms with van der Waals surface area (Å²) in [6, 6.07) is 0. The largest absolute Gasteiger partial charge is 0.316 e. The Balaban J connectivity index is 1.67. The van der Waals surface area contributed by atoms with Gasteiger partial charge in [0.15, 0.2) is 0 Å². The normalized spacial score (nSPS) is 26.8. The zero-order valence-electron chi connectivity index (χ0n) is 12.6. The van der Waals surface area contributed by atoms with Crippen molar-refractivity contribution in [2.24, 2.45) is 11.8 Å². The molecule has 0 aromatic carbocycles. The van der Waals surface area contributed by atoms with Gasteiger partial charge in [0.05, 0.1) is 5.75 Å². The summed E-state index contributed by atoms with van der Waals surface area (Å²) in [7, 11) is -3.12. The van der Waals surface area contributed by atoms with Crippen LogP contribution in [0.4, 0.5) is 0 Å².